The number of aryl methyl sites for hydroxylation is 1. The molecule has 1 aromatic rings. The normalized spacial score (nSPS) is 11.2. The lowest BCUT2D eigenvalue weighted by atomic mass is 10.1. The summed E-state index contributed by atoms with van der Waals surface area (Å²) in [6, 6.07) is 5.69. The lowest BCUT2D eigenvalue weighted by Crippen LogP contribution is -2.28. The highest BCUT2D eigenvalue weighted by molar-refractivity contribution is 5.97. The molecule has 0 heterocycles. The third-order valence-corrected chi connectivity index (χ3v) is 2.66. The smallest absolute Gasteiger partial charge is 0.131 e. The Balaban J connectivity index is 3.10. The van der Waals surface area contributed by atoms with Crippen LogP contribution >= 0.6 is 0 Å². The van der Waals surface area contributed by atoms with Gasteiger partial charge in [-0.2, -0.15) is 0 Å². The van der Waals surface area contributed by atoms with E-state index in [1.54, 1.807) is 0 Å². The fraction of sp³-hybridized carbons (Fsp3) is 0.462. The molecule has 0 spiro atoms. The van der Waals surface area contributed by atoms with Crippen molar-refractivity contribution in [3.8, 4) is 5.75 Å². The molecule has 3 nitrogen and oxygen atoms in total. The first-order valence-corrected chi connectivity index (χ1v) is 5.50. The van der Waals surface area contributed by atoms with Gasteiger partial charge >= 0.3 is 0 Å². The molecule has 3 N–H and O–H groups in total. The van der Waals surface area contributed by atoms with E-state index >= 15 is 0 Å². The molecule has 0 fully saturated rings. The summed E-state index contributed by atoms with van der Waals surface area (Å²) < 4.78 is 5.90. The molecular weight excluding hydrogens is 200 g/mol. The SMILES string of the molecule is CCC(C)(C)Oc1cc(C)ccc1C(=N)N. The molecule has 0 amide bonds. The van der Waals surface area contributed by atoms with Crippen molar-refractivity contribution in [1.82, 2.24) is 0 Å². The average Bonchev–Trinajstić information content (AvgIpc) is 2.16. The molecule has 0 saturated heterocycles. The molecule has 88 valence electrons. The van der Waals surface area contributed by atoms with Crippen LogP contribution in [-0.2, 0) is 0 Å². The number of nitrogens with one attached hydrogen (secondary N) is 1. The minimum Gasteiger partial charge on any atom is -0.487 e. The van der Waals surface area contributed by atoms with Crippen LogP contribution in [-0.4, -0.2) is 11.4 Å². The summed E-state index contributed by atoms with van der Waals surface area (Å²) in [6.45, 7) is 8.12. The summed E-state index contributed by atoms with van der Waals surface area (Å²) in [5.74, 6) is 0.737. The van der Waals surface area contributed by atoms with Gasteiger partial charge < -0.3 is 10.5 Å². The number of rotatable bonds is 4. The molecule has 3 heteroatoms. The predicted octanol–water partition coefficient (Wildman–Crippen LogP) is 2.85. The lowest BCUT2D eigenvalue weighted by molar-refractivity contribution is 0.105. The van der Waals surface area contributed by atoms with Crippen molar-refractivity contribution in [3.63, 3.8) is 0 Å². The first-order chi connectivity index (χ1) is 7.35. The number of nitrogen functional groups attached to an aromatic ring is 1. The molecule has 0 saturated carbocycles. The van der Waals surface area contributed by atoms with Gasteiger partial charge in [-0.15, -0.1) is 0 Å². The Hall–Kier alpha value is -1.51. The second-order valence-corrected chi connectivity index (χ2v) is 4.63. The van der Waals surface area contributed by atoms with Gasteiger partial charge in [-0.25, -0.2) is 0 Å². The summed E-state index contributed by atoms with van der Waals surface area (Å²) in [6.07, 6.45) is 0.901. The lowest BCUT2D eigenvalue weighted by Gasteiger charge is -2.26. The van der Waals surface area contributed by atoms with Crippen LogP contribution in [0.5, 0.6) is 5.75 Å². The highest BCUT2D eigenvalue weighted by Gasteiger charge is 2.19. The first-order valence-electron chi connectivity index (χ1n) is 5.50. The fourth-order valence-corrected chi connectivity index (χ4v) is 1.31. The zero-order valence-electron chi connectivity index (χ0n) is 10.4. The van der Waals surface area contributed by atoms with Crippen molar-refractivity contribution in [2.24, 2.45) is 5.73 Å². The summed E-state index contributed by atoms with van der Waals surface area (Å²) >= 11 is 0. The minimum atomic E-state index is -0.238. The molecule has 1 rings (SSSR count). The van der Waals surface area contributed by atoms with Gasteiger partial charge in [0.15, 0.2) is 0 Å². The standard InChI is InChI=1S/C13H20N2O/c1-5-13(3,4)16-11-8-9(2)6-7-10(11)12(14)15/h6-8H,5H2,1-4H3,(H3,14,15). The second-order valence-electron chi connectivity index (χ2n) is 4.63. The Labute approximate surface area is 97.1 Å². The van der Waals surface area contributed by atoms with Crippen LogP contribution in [0.3, 0.4) is 0 Å². The molecule has 0 aliphatic rings. The van der Waals surface area contributed by atoms with Crippen LogP contribution in [0, 0.1) is 12.3 Å². The van der Waals surface area contributed by atoms with E-state index in [0.29, 0.717) is 11.3 Å². The van der Waals surface area contributed by atoms with Crippen molar-refractivity contribution in [2.45, 2.75) is 39.7 Å². The number of hydrogen-bond acceptors (Lipinski definition) is 2. The predicted molar refractivity (Wildman–Crippen MR) is 67.2 cm³/mol. The molecule has 0 bridgehead atoms. The van der Waals surface area contributed by atoms with Crippen molar-refractivity contribution in [1.29, 1.82) is 5.41 Å². The van der Waals surface area contributed by atoms with E-state index in [-0.39, 0.29) is 11.4 Å². The Bertz CT molecular complexity index is 397. The van der Waals surface area contributed by atoms with Gasteiger partial charge in [0.25, 0.3) is 0 Å². The zero-order chi connectivity index (χ0) is 12.3. The van der Waals surface area contributed by atoms with Gasteiger partial charge in [-0.1, -0.05) is 13.0 Å². The zero-order valence-corrected chi connectivity index (χ0v) is 10.4. The molecule has 16 heavy (non-hydrogen) atoms. The molecule has 1 aromatic carbocycles. The third kappa shape index (κ3) is 2.99. The Morgan fingerprint density at radius 2 is 2.06 bits per heavy atom. The summed E-state index contributed by atoms with van der Waals surface area (Å²) in [7, 11) is 0. The Morgan fingerprint density at radius 3 is 2.56 bits per heavy atom. The van der Waals surface area contributed by atoms with Crippen LogP contribution in [0.4, 0.5) is 0 Å². The van der Waals surface area contributed by atoms with E-state index in [1.165, 1.54) is 0 Å². The van der Waals surface area contributed by atoms with Crippen LogP contribution in [0.15, 0.2) is 18.2 Å². The number of benzene rings is 1. The van der Waals surface area contributed by atoms with E-state index < -0.39 is 0 Å². The van der Waals surface area contributed by atoms with Gasteiger partial charge in [0.05, 0.1) is 5.56 Å². The van der Waals surface area contributed by atoms with Gasteiger partial charge in [0, 0.05) is 0 Å². The molecule has 0 aromatic heterocycles. The van der Waals surface area contributed by atoms with Gasteiger partial charge in [0.2, 0.25) is 0 Å². The largest absolute Gasteiger partial charge is 0.487 e. The topological polar surface area (TPSA) is 59.1 Å². The molecular formula is C13H20N2O. The number of hydrogen-bond donors (Lipinski definition) is 2. The molecule has 0 unspecified atom stereocenters. The average molecular weight is 220 g/mol. The van der Waals surface area contributed by atoms with E-state index in [2.05, 4.69) is 6.92 Å². The summed E-state index contributed by atoms with van der Waals surface area (Å²) in [4.78, 5) is 0. The first kappa shape index (κ1) is 12.6. The number of nitrogens with two attached hydrogens (primary N) is 1. The van der Waals surface area contributed by atoms with E-state index in [9.17, 15) is 0 Å². The minimum absolute atomic E-state index is 0.0434. The molecule has 0 aliphatic heterocycles. The van der Waals surface area contributed by atoms with Crippen LogP contribution in [0.2, 0.25) is 0 Å². The van der Waals surface area contributed by atoms with Gasteiger partial charge in [0.1, 0.15) is 17.2 Å². The van der Waals surface area contributed by atoms with Crippen LogP contribution < -0.4 is 10.5 Å². The monoisotopic (exact) mass is 220 g/mol. The molecule has 0 aliphatic carbocycles. The maximum absolute atomic E-state index is 7.51. The number of amidine groups is 1. The second kappa shape index (κ2) is 4.56. The van der Waals surface area contributed by atoms with Crippen molar-refractivity contribution in [2.75, 3.05) is 0 Å². The maximum atomic E-state index is 7.51. The van der Waals surface area contributed by atoms with E-state index in [1.807, 2.05) is 39.0 Å². The van der Waals surface area contributed by atoms with Crippen LogP contribution in [0.1, 0.15) is 38.3 Å². The van der Waals surface area contributed by atoms with E-state index in [0.717, 1.165) is 12.0 Å². The summed E-state index contributed by atoms with van der Waals surface area (Å²) in [5.41, 5.74) is 7.05. The third-order valence-electron chi connectivity index (χ3n) is 2.66. The summed E-state index contributed by atoms with van der Waals surface area (Å²) in [5, 5.41) is 7.51. The highest BCUT2D eigenvalue weighted by atomic mass is 16.5. The van der Waals surface area contributed by atoms with Crippen molar-refractivity contribution in [3.05, 3.63) is 29.3 Å². The quantitative estimate of drug-likeness (QED) is 0.605. The Morgan fingerprint density at radius 1 is 1.44 bits per heavy atom. The number of ether oxygens (including phenoxy) is 1. The van der Waals surface area contributed by atoms with Gasteiger partial charge in [-0.05, 0) is 44.9 Å². The van der Waals surface area contributed by atoms with E-state index in [4.69, 9.17) is 15.9 Å². The van der Waals surface area contributed by atoms with Crippen molar-refractivity contribution >= 4 is 5.84 Å². The highest BCUT2D eigenvalue weighted by Crippen LogP contribution is 2.25. The fourth-order valence-electron chi connectivity index (χ4n) is 1.31. The van der Waals surface area contributed by atoms with Gasteiger partial charge in [-0.3, -0.25) is 5.41 Å². The van der Waals surface area contributed by atoms with Crippen molar-refractivity contribution < 1.29 is 4.74 Å². The Kier molecular flexibility index (Phi) is 3.58. The van der Waals surface area contributed by atoms with Crippen LogP contribution in [0.25, 0.3) is 0 Å². The molecule has 0 atom stereocenters. The molecule has 0 radical (unpaired) electrons. The maximum Gasteiger partial charge on any atom is 0.131 e.